The number of halogens is 1. The van der Waals surface area contributed by atoms with Crippen molar-refractivity contribution >= 4 is 87.4 Å². The number of nitrogens with zero attached hydrogens (tertiary/aromatic N) is 5. The van der Waals surface area contributed by atoms with Crippen LogP contribution < -0.4 is 10.6 Å². The highest BCUT2D eigenvalue weighted by Gasteiger charge is 2.22. The molecule has 1 aromatic heterocycles. The van der Waals surface area contributed by atoms with Crippen molar-refractivity contribution in [1.29, 1.82) is 0 Å². The number of benzene rings is 4. The van der Waals surface area contributed by atoms with Crippen molar-refractivity contribution in [2.24, 2.45) is 10.2 Å². The van der Waals surface area contributed by atoms with Gasteiger partial charge in [0.05, 0.1) is 22.9 Å². The van der Waals surface area contributed by atoms with Gasteiger partial charge in [-0.05, 0) is 71.6 Å². The van der Waals surface area contributed by atoms with Gasteiger partial charge in [-0.15, -0.1) is 5.11 Å². The lowest BCUT2D eigenvalue weighted by atomic mass is 10.1. The van der Waals surface area contributed by atoms with Crippen molar-refractivity contribution in [2.75, 3.05) is 23.0 Å². The molecular weight excluding hydrogens is 714 g/mol. The van der Waals surface area contributed by atoms with E-state index >= 15 is 0 Å². The van der Waals surface area contributed by atoms with Crippen LogP contribution in [0.2, 0.25) is 5.28 Å². The molecule has 0 aliphatic heterocycles. The van der Waals surface area contributed by atoms with E-state index in [2.05, 4.69) is 40.0 Å². The van der Waals surface area contributed by atoms with Crippen LogP contribution in [0, 0.1) is 0 Å². The molecule has 21 heteroatoms. The summed E-state index contributed by atoms with van der Waals surface area (Å²) in [6, 6.07) is 19.2. The number of aromatic hydroxyl groups is 1. The Morgan fingerprint density at radius 1 is 0.771 bits per heavy atom. The number of anilines is 4. The first kappa shape index (κ1) is 34.5. The van der Waals surface area contributed by atoms with Gasteiger partial charge in [-0.3, -0.25) is 9.11 Å². The summed E-state index contributed by atoms with van der Waals surface area (Å²) in [6.07, 6.45) is 0. The van der Waals surface area contributed by atoms with Crippen molar-refractivity contribution in [3.8, 4) is 5.75 Å². The van der Waals surface area contributed by atoms with Gasteiger partial charge < -0.3 is 15.7 Å². The van der Waals surface area contributed by atoms with E-state index in [9.17, 15) is 34.9 Å². The molecule has 0 spiro atoms. The highest BCUT2D eigenvalue weighted by atomic mass is 35.5. The first-order chi connectivity index (χ1) is 22.6. The van der Waals surface area contributed by atoms with E-state index in [1.807, 2.05) is 0 Å². The monoisotopic (exact) mass is 735 g/mol. The molecule has 17 nitrogen and oxygen atoms in total. The van der Waals surface area contributed by atoms with Crippen LogP contribution >= 0.6 is 11.6 Å². The van der Waals surface area contributed by atoms with Crippen LogP contribution in [0.15, 0.2) is 98.9 Å². The number of hydrogen-bond donors (Lipinski definition) is 5. The van der Waals surface area contributed by atoms with E-state index in [1.165, 1.54) is 42.5 Å². The molecule has 0 unspecified atom stereocenters. The third-order valence-electron chi connectivity index (χ3n) is 6.27. The minimum Gasteiger partial charge on any atom is -0.505 e. The number of aromatic nitrogens is 3. The zero-order chi connectivity index (χ0) is 34.7. The van der Waals surface area contributed by atoms with Crippen LogP contribution in [0.5, 0.6) is 5.75 Å². The molecular formula is C27H22ClN7O10S3. The van der Waals surface area contributed by atoms with Crippen LogP contribution in [0.4, 0.5) is 34.6 Å². The third-order valence-corrected chi connectivity index (χ3v) is 9.47. The maximum Gasteiger partial charge on any atom is 0.397 e. The second-order valence-electron chi connectivity index (χ2n) is 9.61. The molecule has 0 bridgehead atoms. The van der Waals surface area contributed by atoms with Gasteiger partial charge in [0.1, 0.15) is 10.6 Å². The molecule has 250 valence electrons. The van der Waals surface area contributed by atoms with Gasteiger partial charge in [-0.2, -0.15) is 36.9 Å². The van der Waals surface area contributed by atoms with E-state index in [0.717, 1.165) is 6.07 Å². The topological polar surface area (TPSA) is 260 Å². The smallest absolute Gasteiger partial charge is 0.397 e. The summed E-state index contributed by atoms with van der Waals surface area (Å²) in [6.45, 7) is -0.775. The number of azo groups is 1. The minimum atomic E-state index is -4.81. The van der Waals surface area contributed by atoms with Crippen LogP contribution in [-0.4, -0.2) is 66.8 Å². The first-order valence-corrected chi connectivity index (χ1v) is 18.1. The molecule has 0 radical (unpaired) electrons. The number of nitrogens with one attached hydrogen (secondary N) is 2. The Morgan fingerprint density at radius 3 is 2.02 bits per heavy atom. The fraction of sp³-hybridized carbons (Fsp3) is 0.0741. The summed E-state index contributed by atoms with van der Waals surface area (Å²) in [5, 5.41) is 24.8. The second-order valence-corrected chi connectivity index (χ2v) is 14.5. The molecule has 5 rings (SSSR count). The summed E-state index contributed by atoms with van der Waals surface area (Å²) >= 11 is 6.10. The SMILES string of the molecule is O=S(=O)(O)OCCS(=O)(=O)c1ccc(Nc2nc(Cl)nc(Nc3ccc4cc(S(=O)(=O)O)c(N=Nc5ccccc5)c(O)c4c3)n2)cc1. The molecule has 0 saturated heterocycles. The van der Waals surface area contributed by atoms with Gasteiger partial charge in [-0.1, -0.05) is 24.3 Å². The molecule has 0 amide bonds. The molecule has 0 aliphatic carbocycles. The standard InChI is InChI=1S/C27H22ClN7O10S3/c28-25-31-26(29-17-8-10-20(11-9-17)46(37,38)13-12-45-48(42,43)44)33-27(32-25)30-19-7-6-16-14-22(47(39,40)41)23(24(36)21(16)15-19)35-34-18-4-2-1-3-5-18/h1-11,14-15,36H,12-13H2,(H,39,40,41)(H,42,43,44)(H2,29,30,31,32,33). The summed E-state index contributed by atoms with van der Waals surface area (Å²) in [7, 11) is -13.5. The third kappa shape index (κ3) is 8.74. The van der Waals surface area contributed by atoms with Crippen LogP contribution in [0.3, 0.4) is 0 Å². The van der Waals surface area contributed by atoms with Crippen molar-refractivity contribution in [3.05, 3.63) is 84.1 Å². The minimum absolute atomic E-state index is 0.0419. The number of phenols is 1. The number of rotatable bonds is 12. The number of sulfone groups is 1. The van der Waals surface area contributed by atoms with Crippen LogP contribution in [0.1, 0.15) is 0 Å². The van der Waals surface area contributed by atoms with Gasteiger partial charge in [0.25, 0.3) is 10.1 Å². The molecule has 0 fully saturated rings. The van der Waals surface area contributed by atoms with Crippen molar-refractivity contribution < 1.29 is 43.6 Å². The molecule has 0 saturated carbocycles. The highest BCUT2D eigenvalue weighted by molar-refractivity contribution is 7.91. The Kier molecular flexibility index (Phi) is 9.86. The highest BCUT2D eigenvalue weighted by Crippen LogP contribution is 2.42. The maximum atomic E-state index is 12.4. The Bertz CT molecular complexity index is 2360. The van der Waals surface area contributed by atoms with E-state index in [-0.39, 0.29) is 32.8 Å². The first-order valence-electron chi connectivity index (χ1n) is 13.2. The van der Waals surface area contributed by atoms with E-state index < -0.39 is 59.0 Å². The fourth-order valence-electron chi connectivity index (χ4n) is 4.15. The second kappa shape index (κ2) is 13.7. The van der Waals surface area contributed by atoms with Gasteiger partial charge in [-0.25, -0.2) is 12.6 Å². The molecule has 4 aromatic carbocycles. The zero-order valence-electron chi connectivity index (χ0n) is 24.0. The molecule has 48 heavy (non-hydrogen) atoms. The summed E-state index contributed by atoms with van der Waals surface area (Å²) in [5.41, 5.74) is 0.559. The lowest BCUT2D eigenvalue weighted by Crippen LogP contribution is -2.15. The predicted octanol–water partition coefficient (Wildman–Crippen LogP) is 5.13. The van der Waals surface area contributed by atoms with Crippen LogP contribution in [0.25, 0.3) is 10.8 Å². The van der Waals surface area contributed by atoms with E-state index in [1.54, 1.807) is 30.3 Å². The number of phenolic OH excluding ortho intramolecular Hbond substituents is 1. The van der Waals surface area contributed by atoms with Gasteiger partial charge >= 0.3 is 10.4 Å². The zero-order valence-corrected chi connectivity index (χ0v) is 27.2. The Labute approximate surface area is 278 Å². The summed E-state index contributed by atoms with van der Waals surface area (Å²) < 4.78 is 92.9. The summed E-state index contributed by atoms with van der Waals surface area (Å²) in [4.78, 5) is 11.5. The van der Waals surface area contributed by atoms with Gasteiger partial charge in [0.2, 0.25) is 17.2 Å². The van der Waals surface area contributed by atoms with Gasteiger partial charge in [0.15, 0.2) is 15.6 Å². The molecule has 0 atom stereocenters. The normalized spacial score (nSPS) is 12.4. The molecule has 5 aromatic rings. The van der Waals surface area contributed by atoms with E-state index in [4.69, 9.17) is 16.2 Å². The Balaban J connectivity index is 1.38. The average Bonchev–Trinajstić information content (AvgIpc) is 3.00. The lowest BCUT2D eigenvalue weighted by molar-refractivity contribution is 0.284. The largest absolute Gasteiger partial charge is 0.505 e. The lowest BCUT2D eigenvalue weighted by Gasteiger charge is -2.12. The van der Waals surface area contributed by atoms with Gasteiger partial charge in [0, 0.05) is 16.8 Å². The quantitative estimate of drug-likeness (QED) is 0.0822. The Morgan fingerprint density at radius 2 is 1.40 bits per heavy atom. The molecule has 5 N–H and O–H groups in total. The number of hydrogen-bond acceptors (Lipinski definition) is 15. The average molecular weight is 736 g/mol. The predicted molar refractivity (Wildman–Crippen MR) is 173 cm³/mol. The molecule has 0 aliphatic rings. The van der Waals surface area contributed by atoms with Crippen molar-refractivity contribution in [1.82, 2.24) is 15.0 Å². The fourth-order valence-corrected chi connectivity index (χ4v) is 6.45. The van der Waals surface area contributed by atoms with E-state index in [0.29, 0.717) is 17.1 Å². The molecule has 1 heterocycles. The Hall–Kier alpha value is -4.83. The summed E-state index contributed by atoms with van der Waals surface area (Å²) in [5.74, 6) is -1.37. The maximum absolute atomic E-state index is 12.4. The van der Waals surface area contributed by atoms with Crippen molar-refractivity contribution in [3.63, 3.8) is 0 Å². The van der Waals surface area contributed by atoms with Crippen molar-refractivity contribution in [2.45, 2.75) is 9.79 Å². The van der Waals surface area contributed by atoms with Crippen LogP contribution in [-0.2, 0) is 34.5 Å². The number of fused-ring (bicyclic) bond motifs is 1.